The van der Waals surface area contributed by atoms with E-state index in [1.54, 1.807) is 31.1 Å². The van der Waals surface area contributed by atoms with E-state index in [9.17, 15) is 4.79 Å². The van der Waals surface area contributed by atoms with Crippen molar-refractivity contribution in [3.05, 3.63) is 30.3 Å². The second-order valence-corrected chi connectivity index (χ2v) is 3.20. The van der Waals surface area contributed by atoms with Crippen molar-refractivity contribution in [2.45, 2.75) is 0 Å². The predicted molar refractivity (Wildman–Crippen MR) is 59.1 cm³/mol. The van der Waals surface area contributed by atoms with Gasteiger partial charge in [0.05, 0.1) is 6.34 Å². The number of carbonyl (C=O) groups excluding carboxylic acids is 1. The first-order valence-corrected chi connectivity index (χ1v) is 4.60. The fourth-order valence-electron chi connectivity index (χ4n) is 0.879. The average Bonchev–Trinajstić information content (AvgIpc) is 2.25. The van der Waals surface area contributed by atoms with Crippen molar-refractivity contribution < 1.29 is 9.53 Å². The lowest BCUT2D eigenvalue weighted by molar-refractivity contribution is -0.119. The molecule has 0 atom stereocenters. The van der Waals surface area contributed by atoms with Crippen LogP contribution in [0.3, 0.4) is 0 Å². The van der Waals surface area contributed by atoms with E-state index in [2.05, 4.69) is 4.99 Å². The number of amides is 1. The second kappa shape index (κ2) is 5.80. The minimum atomic E-state index is -0.299. The summed E-state index contributed by atoms with van der Waals surface area (Å²) in [4.78, 5) is 16.5. The van der Waals surface area contributed by atoms with Crippen LogP contribution in [0.25, 0.3) is 0 Å². The van der Waals surface area contributed by atoms with Crippen LogP contribution in [-0.4, -0.2) is 37.8 Å². The molecule has 1 aromatic carbocycles. The highest BCUT2D eigenvalue weighted by Crippen LogP contribution is 2.07. The molecule has 0 aliphatic rings. The molecule has 0 spiro atoms. The average molecular weight is 206 g/mol. The smallest absolute Gasteiger partial charge is 0.284 e. The number of hydrogen-bond acceptors (Lipinski definition) is 2. The molecule has 0 heterocycles. The Kier molecular flexibility index (Phi) is 4.34. The number of nitrogens with zero attached hydrogens (tertiary/aromatic N) is 2. The van der Waals surface area contributed by atoms with Crippen LogP contribution in [0.15, 0.2) is 35.3 Å². The fourth-order valence-corrected chi connectivity index (χ4v) is 0.879. The van der Waals surface area contributed by atoms with Crippen molar-refractivity contribution in [1.82, 2.24) is 4.90 Å². The van der Waals surface area contributed by atoms with Crippen molar-refractivity contribution in [2.75, 3.05) is 20.7 Å². The van der Waals surface area contributed by atoms with Gasteiger partial charge in [-0.25, -0.2) is 4.99 Å². The van der Waals surface area contributed by atoms with Crippen LogP contribution >= 0.6 is 0 Å². The number of aliphatic imine (C=N–C) groups is 1. The molecule has 1 amide bonds. The molecule has 0 radical (unpaired) electrons. The van der Waals surface area contributed by atoms with Crippen LogP contribution < -0.4 is 4.74 Å². The van der Waals surface area contributed by atoms with Crippen LogP contribution in [-0.2, 0) is 4.79 Å². The number of para-hydroxylation sites is 1. The van der Waals surface area contributed by atoms with Crippen molar-refractivity contribution in [3.63, 3.8) is 0 Å². The highest BCUT2D eigenvalue weighted by Gasteiger charge is 1.99. The summed E-state index contributed by atoms with van der Waals surface area (Å²) >= 11 is 0. The molecular weight excluding hydrogens is 192 g/mol. The third kappa shape index (κ3) is 4.81. The normalized spacial score (nSPS) is 10.3. The monoisotopic (exact) mass is 206 g/mol. The largest absolute Gasteiger partial charge is 0.484 e. The van der Waals surface area contributed by atoms with Gasteiger partial charge in [0.15, 0.2) is 6.61 Å². The Morgan fingerprint density at radius 3 is 2.67 bits per heavy atom. The third-order valence-electron chi connectivity index (χ3n) is 1.54. The van der Waals surface area contributed by atoms with Gasteiger partial charge < -0.3 is 9.64 Å². The SMILES string of the molecule is CN(C)C=NC(=O)COc1ccccc1. The summed E-state index contributed by atoms with van der Waals surface area (Å²) in [7, 11) is 3.60. The summed E-state index contributed by atoms with van der Waals surface area (Å²) in [6, 6.07) is 9.18. The van der Waals surface area contributed by atoms with E-state index in [1.165, 1.54) is 6.34 Å². The van der Waals surface area contributed by atoms with Crippen LogP contribution in [0.4, 0.5) is 0 Å². The van der Waals surface area contributed by atoms with E-state index in [1.807, 2.05) is 18.2 Å². The van der Waals surface area contributed by atoms with Gasteiger partial charge in [-0.1, -0.05) is 18.2 Å². The number of carbonyl (C=O) groups is 1. The Balaban J connectivity index is 2.35. The number of benzene rings is 1. The lowest BCUT2D eigenvalue weighted by atomic mass is 10.3. The van der Waals surface area contributed by atoms with E-state index in [4.69, 9.17) is 4.74 Å². The molecule has 4 nitrogen and oxygen atoms in total. The van der Waals surface area contributed by atoms with Gasteiger partial charge in [-0.2, -0.15) is 0 Å². The van der Waals surface area contributed by atoms with Gasteiger partial charge in [0.1, 0.15) is 5.75 Å². The van der Waals surface area contributed by atoms with Gasteiger partial charge in [0, 0.05) is 14.1 Å². The van der Waals surface area contributed by atoms with Crippen molar-refractivity contribution >= 4 is 12.2 Å². The van der Waals surface area contributed by atoms with Gasteiger partial charge in [0.2, 0.25) is 0 Å². The van der Waals surface area contributed by atoms with E-state index in [0.29, 0.717) is 5.75 Å². The van der Waals surface area contributed by atoms with Crippen LogP contribution in [0, 0.1) is 0 Å². The molecule has 0 saturated heterocycles. The highest BCUT2D eigenvalue weighted by molar-refractivity contribution is 5.85. The summed E-state index contributed by atoms with van der Waals surface area (Å²) < 4.78 is 5.22. The van der Waals surface area contributed by atoms with Crippen LogP contribution in [0.5, 0.6) is 5.75 Å². The van der Waals surface area contributed by atoms with E-state index in [-0.39, 0.29) is 12.5 Å². The molecule has 0 unspecified atom stereocenters. The first-order chi connectivity index (χ1) is 7.18. The molecule has 0 fully saturated rings. The molecule has 0 aliphatic heterocycles. The maximum atomic E-state index is 11.2. The zero-order valence-electron chi connectivity index (χ0n) is 8.88. The van der Waals surface area contributed by atoms with Gasteiger partial charge in [-0.15, -0.1) is 0 Å². The minimum absolute atomic E-state index is 0.0334. The van der Waals surface area contributed by atoms with Crippen LogP contribution in [0.1, 0.15) is 0 Å². The highest BCUT2D eigenvalue weighted by atomic mass is 16.5. The maximum absolute atomic E-state index is 11.2. The van der Waals surface area contributed by atoms with Gasteiger partial charge in [-0.05, 0) is 12.1 Å². The molecular formula is C11H14N2O2. The Morgan fingerprint density at radius 2 is 2.07 bits per heavy atom. The fraction of sp³-hybridized carbons (Fsp3) is 0.273. The Hall–Kier alpha value is -1.84. The molecule has 0 aromatic heterocycles. The maximum Gasteiger partial charge on any atom is 0.284 e. The molecule has 0 aliphatic carbocycles. The van der Waals surface area contributed by atoms with Gasteiger partial charge >= 0.3 is 0 Å². The number of rotatable bonds is 4. The lowest BCUT2D eigenvalue weighted by Gasteiger charge is -2.03. The zero-order chi connectivity index (χ0) is 11.1. The topological polar surface area (TPSA) is 41.9 Å². The molecule has 1 rings (SSSR count). The van der Waals surface area contributed by atoms with Gasteiger partial charge in [-0.3, -0.25) is 4.79 Å². The summed E-state index contributed by atoms with van der Waals surface area (Å²) in [6.45, 7) is -0.0334. The molecule has 15 heavy (non-hydrogen) atoms. The first-order valence-electron chi connectivity index (χ1n) is 4.60. The predicted octanol–water partition coefficient (Wildman–Crippen LogP) is 1.18. The zero-order valence-corrected chi connectivity index (χ0v) is 8.88. The van der Waals surface area contributed by atoms with Crippen molar-refractivity contribution in [2.24, 2.45) is 4.99 Å². The Morgan fingerprint density at radius 1 is 1.40 bits per heavy atom. The molecule has 1 aromatic rings. The number of hydrogen-bond donors (Lipinski definition) is 0. The first kappa shape index (κ1) is 11.2. The third-order valence-corrected chi connectivity index (χ3v) is 1.54. The summed E-state index contributed by atoms with van der Waals surface area (Å²) in [5.74, 6) is 0.374. The van der Waals surface area contributed by atoms with Crippen LogP contribution in [0.2, 0.25) is 0 Å². The van der Waals surface area contributed by atoms with Gasteiger partial charge in [0.25, 0.3) is 5.91 Å². The quantitative estimate of drug-likeness (QED) is 0.548. The molecule has 80 valence electrons. The Bertz CT molecular complexity index is 334. The second-order valence-electron chi connectivity index (χ2n) is 3.20. The standard InChI is InChI=1S/C11H14N2O2/c1-13(2)9-12-11(14)8-15-10-6-4-3-5-7-10/h3-7,9H,8H2,1-2H3. The van der Waals surface area contributed by atoms with E-state index >= 15 is 0 Å². The molecule has 0 saturated carbocycles. The van der Waals surface area contributed by atoms with Crippen molar-refractivity contribution in [3.8, 4) is 5.75 Å². The lowest BCUT2D eigenvalue weighted by Crippen LogP contribution is -2.13. The molecule has 0 bridgehead atoms. The molecule has 0 N–H and O–H groups in total. The number of ether oxygens (including phenoxy) is 1. The summed E-state index contributed by atoms with van der Waals surface area (Å²) in [6.07, 6.45) is 1.46. The van der Waals surface area contributed by atoms with E-state index < -0.39 is 0 Å². The van der Waals surface area contributed by atoms with E-state index in [0.717, 1.165) is 0 Å². The molecule has 4 heteroatoms. The summed E-state index contributed by atoms with van der Waals surface area (Å²) in [5, 5.41) is 0. The van der Waals surface area contributed by atoms with Crippen molar-refractivity contribution in [1.29, 1.82) is 0 Å². The minimum Gasteiger partial charge on any atom is -0.484 e. The summed E-state index contributed by atoms with van der Waals surface area (Å²) in [5.41, 5.74) is 0. The Labute approximate surface area is 89.2 Å².